The summed E-state index contributed by atoms with van der Waals surface area (Å²) in [5.41, 5.74) is -0.540. The van der Waals surface area contributed by atoms with Crippen molar-refractivity contribution < 1.29 is 19.4 Å². The highest BCUT2D eigenvalue weighted by Gasteiger charge is 2.46. The van der Waals surface area contributed by atoms with Crippen LogP contribution in [0.2, 0.25) is 0 Å². The number of alkyl halides is 1. The van der Waals surface area contributed by atoms with Crippen LogP contribution >= 0.6 is 22.6 Å². The molecule has 0 aromatic rings. The predicted molar refractivity (Wildman–Crippen MR) is 61.9 cm³/mol. The number of hydrogen-bond donors (Lipinski definition) is 1. The molecule has 15 heavy (non-hydrogen) atoms. The highest BCUT2D eigenvalue weighted by molar-refractivity contribution is 14.1. The van der Waals surface area contributed by atoms with E-state index < -0.39 is 23.6 Å². The van der Waals surface area contributed by atoms with E-state index in [9.17, 15) is 9.59 Å². The van der Waals surface area contributed by atoms with E-state index in [1.54, 1.807) is 20.8 Å². The molecule has 6 heteroatoms. The Balaban J connectivity index is 2.49. The molecule has 1 amide bonds. The van der Waals surface area contributed by atoms with Gasteiger partial charge in [-0.25, -0.2) is 4.79 Å². The maximum absolute atomic E-state index is 11.5. The first kappa shape index (κ1) is 12.5. The molecule has 1 aliphatic rings. The third-order valence-electron chi connectivity index (χ3n) is 1.97. The number of nitrogens with zero attached hydrogens (tertiary/aromatic N) is 1. The van der Waals surface area contributed by atoms with Crippen LogP contribution in [0.25, 0.3) is 0 Å². The Morgan fingerprint density at radius 1 is 1.47 bits per heavy atom. The van der Waals surface area contributed by atoms with E-state index in [2.05, 4.69) is 0 Å². The number of carboxylic acids is 1. The molecule has 1 saturated heterocycles. The van der Waals surface area contributed by atoms with Gasteiger partial charge >= 0.3 is 12.1 Å². The molecular weight excluding hydrogens is 313 g/mol. The molecule has 86 valence electrons. The molecule has 1 rings (SSSR count). The number of amides is 1. The van der Waals surface area contributed by atoms with E-state index in [4.69, 9.17) is 9.84 Å². The molecule has 1 aliphatic heterocycles. The van der Waals surface area contributed by atoms with Gasteiger partial charge in [0.1, 0.15) is 15.6 Å². The zero-order chi connectivity index (χ0) is 11.8. The van der Waals surface area contributed by atoms with Gasteiger partial charge in [-0.15, -0.1) is 0 Å². The molecule has 1 heterocycles. The molecule has 0 aromatic heterocycles. The third kappa shape index (κ3) is 2.96. The van der Waals surface area contributed by atoms with Gasteiger partial charge in [-0.1, -0.05) is 22.6 Å². The first-order chi connectivity index (χ1) is 6.72. The molecule has 1 N–H and O–H groups in total. The van der Waals surface area contributed by atoms with Crippen LogP contribution in [0.1, 0.15) is 20.8 Å². The Morgan fingerprint density at radius 3 is 2.33 bits per heavy atom. The molecule has 0 spiro atoms. The minimum atomic E-state index is -0.866. The molecule has 0 bridgehead atoms. The van der Waals surface area contributed by atoms with E-state index in [1.165, 1.54) is 4.90 Å². The molecular formula is C9H14INO4. The largest absolute Gasteiger partial charge is 0.481 e. The smallest absolute Gasteiger partial charge is 0.411 e. The summed E-state index contributed by atoms with van der Waals surface area (Å²) >= 11 is 1.94. The summed E-state index contributed by atoms with van der Waals surface area (Å²) in [6.07, 6.45) is -0.445. The van der Waals surface area contributed by atoms with Gasteiger partial charge in [0.25, 0.3) is 0 Å². The zero-order valence-electron chi connectivity index (χ0n) is 8.86. The van der Waals surface area contributed by atoms with E-state index >= 15 is 0 Å². The predicted octanol–water partition coefficient (Wildman–Crippen LogP) is 1.70. The summed E-state index contributed by atoms with van der Waals surface area (Å²) in [6, 6.07) is 0. The van der Waals surface area contributed by atoms with Crippen LogP contribution < -0.4 is 0 Å². The molecule has 2 atom stereocenters. The van der Waals surface area contributed by atoms with E-state index in [0.29, 0.717) is 0 Å². The van der Waals surface area contributed by atoms with Gasteiger partial charge in [0.15, 0.2) is 0 Å². The van der Waals surface area contributed by atoms with Gasteiger partial charge in [0.2, 0.25) is 0 Å². The Morgan fingerprint density at radius 2 is 2.00 bits per heavy atom. The standard InChI is InChI=1S/C9H14INO4/c1-9(2,3)15-8(14)11-4-5(6(11)10)7(12)13/h5-6H,4H2,1-3H3,(H,12,13). The summed E-state index contributed by atoms with van der Waals surface area (Å²) in [6.45, 7) is 5.57. The average Bonchev–Trinajstić information content (AvgIpc) is 1.97. The number of carboxylic acid groups (broad SMARTS) is 1. The van der Waals surface area contributed by atoms with Crippen molar-refractivity contribution >= 4 is 34.7 Å². The highest BCUT2D eigenvalue weighted by Crippen LogP contribution is 2.31. The lowest BCUT2D eigenvalue weighted by Crippen LogP contribution is -2.59. The van der Waals surface area contributed by atoms with Gasteiger partial charge in [0, 0.05) is 6.54 Å². The molecule has 0 aromatic carbocycles. The monoisotopic (exact) mass is 327 g/mol. The van der Waals surface area contributed by atoms with E-state index in [0.717, 1.165) is 0 Å². The summed E-state index contributed by atoms with van der Waals surface area (Å²) in [4.78, 5) is 23.6. The second-order valence-corrected chi connectivity index (χ2v) is 5.73. The number of hydrogen-bond acceptors (Lipinski definition) is 3. The fourth-order valence-electron chi connectivity index (χ4n) is 1.17. The van der Waals surface area contributed by atoms with Crippen LogP contribution in [-0.4, -0.2) is 38.3 Å². The van der Waals surface area contributed by atoms with Crippen LogP contribution in [0.5, 0.6) is 0 Å². The van der Waals surface area contributed by atoms with E-state index in [1.807, 2.05) is 22.6 Å². The highest BCUT2D eigenvalue weighted by atomic mass is 127. The van der Waals surface area contributed by atoms with Crippen molar-refractivity contribution in [1.29, 1.82) is 0 Å². The van der Waals surface area contributed by atoms with Crippen molar-refractivity contribution in [2.75, 3.05) is 6.54 Å². The number of halogens is 1. The quantitative estimate of drug-likeness (QED) is 0.452. The molecule has 1 fully saturated rings. The number of likely N-dealkylation sites (tertiary alicyclic amines) is 1. The number of carbonyl (C=O) groups excluding carboxylic acids is 1. The first-order valence-corrected chi connectivity index (χ1v) is 5.83. The van der Waals surface area contributed by atoms with Crippen molar-refractivity contribution in [2.45, 2.75) is 30.4 Å². The first-order valence-electron chi connectivity index (χ1n) is 4.59. The van der Waals surface area contributed by atoms with Crippen molar-refractivity contribution in [3.8, 4) is 0 Å². The van der Waals surface area contributed by atoms with Crippen LogP contribution in [0.3, 0.4) is 0 Å². The maximum Gasteiger partial charge on any atom is 0.411 e. The van der Waals surface area contributed by atoms with Gasteiger partial charge in [-0.2, -0.15) is 0 Å². The molecule has 0 aliphatic carbocycles. The van der Waals surface area contributed by atoms with Crippen LogP contribution in [-0.2, 0) is 9.53 Å². The lowest BCUT2D eigenvalue weighted by molar-refractivity contribution is -0.147. The molecule has 5 nitrogen and oxygen atoms in total. The number of aliphatic carboxylic acids is 1. The minimum Gasteiger partial charge on any atom is -0.481 e. The number of carbonyl (C=O) groups is 2. The van der Waals surface area contributed by atoms with Crippen molar-refractivity contribution in [1.82, 2.24) is 4.90 Å². The third-order valence-corrected chi connectivity index (χ3v) is 3.51. The Hall–Kier alpha value is -0.530. The van der Waals surface area contributed by atoms with Crippen molar-refractivity contribution in [3.05, 3.63) is 0 Å². The lowest BCUT2D eigenvalue weighted by Gasteiger charge is -2.42. The van der Waals surface area contributed by atoms with Gasteiger partial charge < -0.3 is 9.84 Å². The lowest BCUT2D eigenvalue weighted by atomic mass is 10.0. The SMILES string of the molecule is CC(C)(C)OC(=O)N1CC(C(=O)O)C1I. The number of rotatable bonds is 1. The molecule has 0 radical (unpaired) electrons. The zero-order valence-corrected chi connectivity index (χ0v) is 11.0. The number of ether oxygens (including phenoxy) is 1. The second kappa shape index (κ2) is 4.15. The second-order valence-electron chi connectivity index (χ2n) is 4.45. The summed E-state index contributed by atoms with van der Waals surface area (Å²) in [5.74, 6) is -1.34. The Kier molecular flexibility index (Phi) is 3.47. The summed E-state index contributed by atoms with van der Waals surface area (Å²) < 4.78 is 4.82. The van der Waals surface area contributed by atoms with Crippen LogP contribution in [0.4, 0.5) is 4.79 Å². The topological polar surface area (TPSA) is 66.8 Å². The fourth-order valence-corrected chi connectivity index (χ4v) is 2.16. The normalized spacial score (nSPS) is 25.7. The Bertz CT molecular complexity index is 286. The minimum absolute atomic E-state index is 0.234. The van der Waals surface area contributed by atoms with Crippen molar-refractivity contribution in [2.24, 2.45) is 5.92 Å². The molecule has 0 saturated carbocycles. The van der Waals surface area contributed by atoms with Gasteiger partial charge in [-0.05, 0) is 20.8 Å². The fraction of sp³-hybridized carbons (Fsp3) is 0.778. The van der Waals surface area contributed by atoms with Gasteiger partial charge in [0.05, 0.1) is 0 Å². The van der Waals surface area contributed by atoms with Crippen LogP contribution in [0.15, 0.2) is 0 Å². The summed E-state index contributed by atoms with van der Waals surface area (Å²) in [7, 11) is 0. The van der Waals surface area contributed by atoms with Crippen molar-refractivity contribution in [3.63, 3.8) is 0 Å². The van der Waals surface area contributed by atoms with Crippen LogP contribution in [0, 0.1) is 5.92 Å². The molecule has 2 unspecified atom stereocenters. The van der Waals surface area contributed by atoms with E-state index in [-0.39, 0.29) is 10.6 Å². The summed E-state index contributed by atoms with van der Waals surface area (Å²) in [5, 5.41) is 8.75. The van der Waals surface area contributed by atoms with Gasteiger partial charge in [-0.3, -0.25) is 9.69 Å². The Labute approximate surface area is 102 Å². The maximum atomic E-state index is 11.5. The average molecular weight is 327 g/mol.